The molecule has 0 bridgehead atoms. The van der Waals surface area contributed by atoms with Gasteiger partial charge < -0.3 is 9.30 Å². The highest BCUT2D eigenvalue weighted by Gasteiger charge is 2.21. The number of allylic oxidation sites excluding steroid dienone is 2. The Bertz CT molecular complexity index is 1230. The molecule has 0 aliphatic heterocycles. The lowest BCUT2D eigenvalue weighted by molar-refractivity contribution is 0.104. The first-order valence-electron chi connectivity index (χ1n) is 9.66. The Balaban J connectivity index is 1.75. The third-order valence-electron chi connectivity index (χ3n) is 4.87. The summed E-state index contributed by atoms with van der Waals surface area (Å²) < 4.78 is 9.40. The Kier molecular flexibility index (Phi) is 5.04. The van der Waals surface area contributed by atoms with Crippen LogP contribution in [0.25, 0.3) is 22.8 Å². The molecule has 5 heteroatoms. The number of aryl methyl sites for hydroxylation is 1. The molecule has 0 N–H and O–H groups in total. The van der Waals surface area contributed by atoms with Gasteiger partial charge in [0.2, 0.25) is 0 Å². The number of ketones is 1. The third-order valence-corrected chi connectivity index (χ3v) is 4.87. The van der Waals surface area contributed by atoms with E-state index in [0.717, 1.165) is 28.0 Å². The van der Waals surface area contributed by atoms with Gasteiger partial charge in [-0.3, -0.25) is 4.79 Å². The molecule has 5 nitrogen and oxygen atoms in total. The Hall–Kier alpha value is -3.60. The maximum absolute atomic E-state index is 13.1. The van der Waals surface area contributed by atoms with Gasteiger partial charge in [0, 0.05) is 6.54 Å². The highest BCUT2D eigenvalue weighted by atomic mass is 16.5. The molecule has 29 heavy (non-hydrogen) atoms. The third kappa shape index (κ3) is 3.36. The summed E-state index contributed by atoms with van der Waals surface area (Å²) in [7, 11) is 0. The molecule has 2 aromatic carbocycles. The van der Waals surface area contributed by atoms with Gasteiger partial charge in [-0.2, -0.15) is 5.10 Å². The van der Waals surface area contributed by atoms with E-state index in [9.17, 15) is 4.79 Å². The fourth-order valence-corrected chi connectivity index (χ4v) is 3.62. The molecule has 2 aromatic heterocycles. The fraction of sp³-hybridized carbons (Fsp3) is 0.167. The van der Waals surface area contributed by atoms with Crippen LogP contribution < -0.4 is 4.74 Å². The van der Waals surface area contributed by atoms with Crippen molar-refractivity contribution in [3.05, 3.63) is 84.1 Å². The minimum absolute atomic E-state index is 0.0699. The number of benzene rings is 2. The molecule has 4 rings (SSSR count). The van der Waals surface area contributed by atoms with Gasteiger partial charge in [-0.25, -0.2) is 4.52 Å². The van der Waals surface area contributed by atoms with Crippen molar-refractivity contribution in [1.29, 1.82) is 0 Å². The van der Waals surface area contributed by atoms with Crippen LogP contribution in [0.15, 0.2) is 67.3 Å². The maximum atomic E-state index is 13.1. The van der Waals surface area contributed by atoms with Crippen LogP contribution in [0.2, 0.25) is 0 Å². The number of aromatic nitrogens is 3. The quantitative estimate of drug-likeness (QED) is 0.253. The standard InChI is InChI=1S/C24H23N3O2/c1-4-16-26-20-8-6-7-9-21(20)27-24(26)23(17(3)25-27)22(28)15-12-18-10-13-19(14-11-18)29-5-2/h4,6-15H,1,5,16H2,2-3H3/b15-12+. The van der Waals surface area contributed by atoms with E-state index < -0.39 is 0 Å². The predicted molar refractivity (Wildman–Crippen MR) is 117 cm³/mol. The van der Waals surface area contributed by atoms with E-state index >= 15 is 0 Å². The molecule has 4 aromatic rings. The fourth-order valence-electron chi connectivity index (χ4n) is 3.62. The number of para-hydroxylation sites is 2. The summed E-state index contributed by atoms with van der Waals surface area (Å²) in [5, 5.41) is 4.64. The van der Waals surface area contributed by atoms with Gasteiger partial charge in [0.25, 0.3) is 0 Å². The molecule has 0 unspecified atom stereocenters. The minimum atomic E-state index is -0.0699. The monoisotopic (exact) mass is 385 g/mol. The lowest BCUT2D eigenvalue weighted by Gasteiger charge is -2.04. The van der Waals surface area contributed by atoms with E-state index in [2.05, 4.69) is 16.2 Å². The first-order chi connectivity index (χ1) is 14.1. The van der Waals surface area contributed by atoms with Crippen LogP contribution in [0, 0.1) is 6.92 Å². The Morgan fingerprint density at radius 2 is 1.86 bits per heavy atom. The summed E-state index contributed by atoms with van der Waals surface area (Å²) >= 11 is 0. The number of hydrogen-bond donors (Lipinski definition) is 0. The van der Waals surface area contributed by atoms with Crippen molar-refractivity contribution in [1.82, 2.24) is 14.2 Å². The van der Waals surface area contributed by atoms with Gasteiger partial charge in [-0.1, -0.05) is 36.4 Å². The van der Waals surface area contributed by atoms with Crippen molar-refractivity contribution < 1.29 is 9.53 Å². The number of hydrogen-bond acceptors (Lipinski definition) is 3. The second-order valence-corrected chi connectivity index (χ2v) is 6.78. The van der Waals surface area contributed by atoms with E-state index in [-0.39, 0.29) is 5.78 Å². The van der Waals surface area contributed by atoms with Crippen LogP contribution in [-0.4, -0.2) is 26.6 Å². The highest BCUT2D eigenvalue weighted by Crippen LogP contribution is 2.26. The second-order valence-electron chi connectivity index (χ2n) is 6.78. The number of carbonyl (C=O) groups is 1. The first kappa shape index (κ1) is 18.7. The van der Waals surface area contributed by atoms with Crippen molar-refractivity contribution in [2.75, 3.05) is 6.61 Å². The molecule has 0 aliphatic carbocycles. The molecule has 0 saturated heterocycles. The summed E-state index contributed by atoms with van der Waals surface area (Å²) in [6.07, 6.45) is 5.26. The Morgan fingerprint density at radius 3 is 2.55 bits per heavy atom. The molecule has 0 aliphatic rings. The van der Waals surface area contributed by atoms with Crippen molar-refractivity contribution in [2.24, 2.45) is 0 Å². The number of carbonyl (C=O) groups excluding carboxylic acids is 1. The first-order valence-corrected chi connectivity index (χ1v) is 9.66. The molecule has 146 valence electrons. The molecular weight excluding hydrogens is 362 g/mol. The lowest BCUT2D eigenvalue weighted by Crippen LogP contribution is -2.02. The van der Waals surface area contributed by atoms with Crippen LogP contribution in [0.4, 0.5) is 0 Å². The molecule has 0 atom stereocenters. The van der Waals surface area contributed by atoms with Crippen molar-refractivity contribution >= 4 is 28.5 Å². The average Bonchev–Trinajstić information content (AvgIpc) is 3.22. The van der Waals surface area contributed by atoms with Gasteiger partial charge in [0.1, 0.15) is 11.4 Å². The highest BCUT2D eigenvalue weighted by molar-refractivity contribution is 6.12. The van der Waals surface area contributed by atoms with Gasteiger partial charge in [-0.15, -0.1) is 6.58 Å². The largest absolute Gasteiger partial charge is 0.494 e. The summed E-state index contributed by atoms with van der Waals surface area (Å²) in [4.78, 5) is 13.1. The Morgan fingerprint density at radius 1 is 1.14 bits per heavy atom. The van der Waals surface area contributed by atoms with E-state index in [1.165, 1.54) is 0 Å². The zero-order valence-corrected chi connectivity index (χ0v) is 16.6. The van der Waals surface area contributed by atoms with E-state index in [4.69, 9.17) is 4.74 Å². The molecule has 0 saturated carbocycles. The average molecular weight is 385 g/mol. The van der Waals surface area contributed by atoms with Crippen LogP contribution >= 0.6 is 0 Å². The summed E-state index contributed by atoms with van der Waals surface area (Å²) in [6.45, 7) is 8.92. The summed E-state index contributed by atoms with van der Waals surface area (Å²) in [6, 6.07) is 15.7. The van der Waals surface area contributed by atoms with Gasteiger partial charge in [0.15, 0.2) is 5.78 Å². The molecule has 0 fully saturated rings. The number of fused-ring (bicyclic) bond motifs is 3. The van der Waals surface area contributed by atoms with Crippen molar-refractivity contribution in [2.45, 2.75) is 20.4 Å². The Labute approximate surface area is 169 Å². The van der Waals surface area contributed by atoms with E-state index in [1.807, 2.05) is 79.0 Å². The number of ether oxygens (including phenoxy) is 1. The number of nitrogens with zero attached hydrogens (tertiary/aromatic N) is 3. The van der Waals surface area contributed by atoms with Crippen LogP contribution in [-0.2, 0) is 6.54 Å². The predicted octanol–water partition coefficient (Wildman–Crippen LogP) is 5.08. The molecule has 0 amide bonds. The summed E-state index contributed by atoms with van der Waals surface area (Å²) in [5.41, 5.74) is 5.07. The van der Waals surface area contributed by atoms with Crippen molar-refractivity contribution in [3.8, 4) is 5.75 Å². The lowest BCUT2D eigenvalue weighted by atomic mass is 10.1. The topological polar surface area (TPSA) is 48.5 Å². The van der Waals surface area contributed by atoms with Crippen LogP contribution in [0.3, 0.4) is 0 Å². The number of rotatable bonds is 7. The van der Waals surface area contributed by atoms with Crippen LogP contribution in [0.1, 0.15) is 28.5 Å². The van der Waals surface area contributed by atoms with E-state index in [1.54, 1.807) is 6.08 Å². The van der Waals surface area contributed by atoms with Crippen molar-refractivity contribution in [3.63, 3.8) is 0 Å². The van der Waals surface area contributed by atoms with Crippen LogP contribution in [0.5, 0.6) is 5.75 Å². The molecule has 0 spiro atoms. The van der Waals surface area contributed by atoms with E-state index in [0.29, 0.717) is 24.4 Å². The minimum Gasteiger partial charge on any atom is -0.494 e. The zero-order chi connectivity index (χ0) is 20.4. The normalized spacial score (nSPS) is 11.5. The summed E-state index contributed by atoms with van der Waals surface area (Å²) in [5.74, 6) is 0.749. The molecule has 2 heterocycles. The number of imidazole rings is 1. The molecule has 0 radical (unpaired) electrons. The van der Waals surface area contributed by atoms with Gasteiger partial charge in [-0.05, 0) is 49.8 Å². The molecular formula is C24H23N3O2. The van der Waals surface area contributed by atoms with Gasteiger partial charge >= 0.3 is 0 Å². The SMILES string of the molecule is C=CCn1c2ccccc2n2nc(C)c(C(=O)/C=C/c3ccc(OCC)cc3)c12. The van der Waals surface area contributed by atoms with Gasteiger partial charge in [0.05, 0.1) is 28.9 Å². The zero-order valence-electron chi connectivity index (χ0n) is 16.6. The maximum Gasteiger partial charge on any atom is 0.191 e. The smallest absolute Gasteiger partial charge is 0.191 e. The second kappa shape index (κ2) is 7.80.